The second-order valence-electron chi connectivity index (χ2n) is 6.06. The molecule has 2 aromatic heterocycles. The summed E-state index contributed by atoms with van der Waals surface area (Å²) in [6, 6.07) is 2.10. The lowest BCUT2D eigenvalue weighted by Gasteiger charge is -2.24. The fourth-order valence-corrected chi connectivity index (χ4v) is 2.75. The summed E-state index contributed by atoms with van der Waals surface area (Å²) in [4.78, 5) is 14.5. The largest absolute Gasteiger partial charge is 0.356 e. The fraction of sp³-hybridized carbons (Fsp3) is 0.600. The lowest BCUT2D eigenvalue weighted by molar-refractivity contribution is 0.646. The van der Waals surface area contributed by atoms with Crippen LogP contribution >= 0.6 is 0 Å². The van der Waals surface area contributed by atoms with Gasteiger partial charge in [0.15, 0.2) is 0 Å². The van der Waals surface area contributed by atoms with Crippen molar-refractivity contribution >= 4 is 16.9 Å². The predicted octanol–water partition coefficient (Wildman–Crippen LogP) is 2.97. The van der Waals surface area contributed by atoms with Gasteiger partial charge in [-0.05, 0) is 37.2 Å². The predicted molar refractivity (Wildman–Crippen MR) is 76.2 cm³/mol. The minimum Gasteiger partial charge on any atom is -0.356 e. The molecule has 19 heavy (non-hydrogen) atoms. The normalized spacial score (nSPS) is 18.9. The van der Waals surface area contributed by atoms with Gasteiger partial charge in [0.05, 0.1) is 5.39 Å². The Bertz CT molecular complexity index is 568. The minimum atomic E-state index is 0.892. The quantitative estimate of drug-likeness (QED) is 0.864. The molecule has 2 aliphatic rings. The van der Waals surface area contributed by atoms with E-state index in [0.717, 1.165) is 29.8 Å². The average molecular weight is 256 g/mol. The van der Waals surface area contributed by atoms with Gasteiger partial charge in [0.25, 0.3) is 0 Å². The van der Waals surface area contributed by atoms with Gasteiger partial charge in [0.1, 0.15) is 17.8 Å². The number of nitrogens with one attached hydrogen (secondary N) is 1. The molecular weight excluding hydrogens is 236 g/mol. The van der Waals surface area contributed by atoms with Crippen LogP contribution in [0.1, 0.15) is 32.1 Å². The molecule has 0 aromatic carbocycles. The van der Waals surface area contributed by atoms with Gasteiger partial charge in [-0.25, -0.2) is 9.97 Å². The van der Waals surface area contributed by atoms with Crippen molar-refractivity contribution in [1.29, 1.82) is 0 Å². The summed E-state index contributed by atoms with van der Waals surface area (Å²) in [6.07, 6.45) is 10.6. The molecule has 2 aromatic rings. The molecule has 2 saturated carbocycles. The summed E-state index contributed by atoms with van der Waals surface area (Å²) in [7, 11) is 0. The van der Waals surface area contributed by atoms with E-state index in [1.807, 2.05) is 6.20 Å². The molecule has 0 saturated heterocycles. The van der Waals surface area contributed by atoms with E-state index in [1.165, 1.54) is 44.0 Å². The summed E-state index contributed by atoms with van der Waals surface area (Å²) in [5, 5.41) is 1.17. The molecule has 0 spiro atoms. The molecular formula is C15H20N4. The Labute approximate surface area is 113 Å². The maximum absolute atomic E-state index is 4.55. The standard InChI is InChI=1S/C15H20N4/c1-2-11(1)6-8-19(9-12-3-4-12)15-13-5-7-16-14(13)17-10-18-15/h5,7,10-12H,1-4,6,8-9H2,(H,16,17,18). The third kappa shape index (κ3) is 2.44. The van der Waals surface area contributed by atoms with E-state index in [-0.39, 0.29) is 0 Å². The minimum absolute atomic E-state index is 0.892. The number of anilines is 1. The van der Waals surface area contributed by atoms with E-state index in [9.17, 15) is 0 Å². The van der Waals surface area contributed by atoms with Crippen LogP contribution in [-0.2, 0) is 0 Å². The molecule has 2 fully saturated rings. The third-order valence-electron chi connectivity index (χ3n) is 4.31. The van der Waals surface area contributed by atoms with Crippen molar-refractivity contribution in [3.8, 4) is 0 Å². The molecule has 0 atom stereocenters. The third-order valence-corrected chi connectivity index (χ3v) is 4.31. The number of aromatic nitrogens is 3. The summed E-state index contributed by atoms with van der Waals surface area (Å²) in [5.74, 6) is 2.99. The highest BCUT2D eigenvalue weighted by Gasteiger charge is 2.28. The highest BCUT2D eigenvalue weighted by molar-refractivity contribution is 5.87. The number of hydrogen-bond donors (Lipinski definition) is 1. The lowest BCUT2D eigenvalue weighted by Crippen LogP contribution is -2.28. The van der Waals surface area contributed by atoms with E-state index in [2.05, 4.69) is 25.9 Å². The van der Waals surface area contributed by atoms with Gasteiger partial charge < -0.3 is 9.88 Å². The van der Waals surface area contributed by atoms with Gasteiger partial charge >= 0.3 is 0 Å². The summed E-state index contributed by atoms with van der Waals surface area (Å²) in [5.41, 5.74) is 0.956. The van der Waals surface area contributed by atoms with Gasteiger partial charge in [-0.1, -0.05) is 12.8 Å². The van der Waals surface area contributed by atoms with Crippen LogP contribution in [0.2, 0.25) is 0 Å². The fourth-order valence-electron chi connectivity index (χ4n) is 2.75. The van der Waals surface area contributed by atoms with Gasteiger partial charge in [-0.2, -0.15) is 0 Å². The molecule has 100 valence electrons. The summed E-state index contributed by atoms with van der Waals surface area (Å²) in [6.45, 7) is 2.32. The second-order valence-corrected chi connectivity index (χ2v) is 6.06. The SMILES string of the molecule is c1nc(N(CCC2CC2)CC2CC2)c2cc[nH]c2n1. The van der Waals surface area contributed by atoms with Crippen LogP contribution in [0, 0.1) is 11.8 Å². The monoisotopic (exact) mass is 256 g/mol. The first-order chi connectivity index (χ1) is 9.40. The smallest absolute Gasteiger partial charge is 0.142 e. The number of fused-ring (bicyclic) bond motifs is 1. The van der Waals surface area contributed by atoms with E-state index in [1.54, 1.807) is 6.33 Å². The van der Waals surface area contributed by atoms with Gasteiger partial charge in [0, 0.05) is 19.3 Å². The Hall–Kier alpha value is -1.58. The Kier molecular flexibility index (Phi) is 2.67. The van der Waals surface area contributed by atoms with Crippen molar-refractivity contribution in [1.82, 2.24) is 15.0 Å². The molecule has 4 rings (SSSR count). The first-order valence-corrected chi connectivity index (χ1v) is 7.43. The molecule has 4 nitrogen and oxygen atoms in total. The number of rotatable bonds is 6. The van der Waals surface area contributed by atoms with E-state index < -0.39 is 0 Å². The molecule has 0 aliphatic heterocycles. The summed E-state index contributed by atoms with van der Waals surface area (Å²) >= 11 is 0. The number of aromatic amines is 1. The highest BCUT2D eigenvalue weighted by Crippen LogP contribution is 2.36. The molecule has 0 radical (unpaired) electrons. The Morgan fingerprint density at radius 1 is 1.16 bits per heavy atom. The number of H-pyrrole nitrogens is 1. The molecule has 2 aliphatic carbocycles. The maximum atomic E-state index is 4.55. The Morgan fingerprint density at radius 2 is 2.00 bits per heavy atom. The summed E-state index contributed by atoms with van der Waals surface area (Å²) < 4.78 is 0. The lowest BCUT2D eigenvalue weighted by atomic mass is 10.2. The number of hydrogen-bond acceptors (Lipinski definition) is 3. The molecule has 0 amide bonds. The zero-order chi connectivity index (χ0) is 12.7. The van der Waals surface area contributed by atoms with Crippen molar-refractivity contribution < 1.29 is 0 Å². The zero-order valence-corrected chi connectivity index (χ0v) is 11.2. The Balaban J connectivity index is 1.60. The van der Waals surface area contributed by atoms with Gasteiger partial charge in [0.2, 0.25) is 0 Å². The van der Waals surface area contributed by atoms with Crippen LogP contribution in [0.3, 0.4) is 0 Å². The van der Waals surface area contributed by atoms with Crippen molar-refractivity contribution in [2.24, 2.45) is 11.8 Å². The second kappa shape index (κ2) is 4.51. The average Bonchev–Trinajstić information content (AvgIpc) is 3.34. The van der Waals surface area contributed by atoms with Gasteiger partial charge in [-0.15, -0.1) is 0 Å². The number of nitrogens with zero attached hydrogens (tertiary/aromatic N) is 3. The van der Waals surface area contributed by atoms with Gasteiger partial charge in [-0.3, -0.25) is 0 Å². The van der Waals surface area contributed by atoms with Crippen molar-refractivity contribution in [2.45, 2.75) is 32.1 Å². The first-order valence-electron chi connectivity index (χ1n) is 7.43. The molecule has 1 N–H and O–H groups in total. The molecule has 4 heteroatoms. The highest BCUT2D eigenvalue weighted by atomic mass is 15.2. The van der Waals surface area contributed by atoms with E-state index >= 15 is 0 Å². The Morgan fingerprint density at radius 3 is 2.79 bits per heavy atom. The van der Waals surface area contributed by atoms with E-state index in [4.69, 9.17) is 0 Å². The van der Waals surface area contributed by atoms with Crippen LogP contribution in [0.25, 0.3) is 11.0 Å². The van der Waals surface area contributed by atoms with Crippen LogP contribution in [-0.4, -0.2) is 28.0 Å². The van der Waals surface area contributed by atoms with E-state index in [0.29, 0.717) is 0 Å². The first kappa shape index (κ1) is 11.3. The topological polar surface area (TPSA) is 44.8 Å². The van der Waals surface area contributed by atoms with Crippen LogP contribution in [0.4, 0.5) is 5.82 Å². The van der Waals surface area contributed by atoms with Crippen molar-refractivity contribution in [2.75, 3.05) is 18.0 Å². The molecule has 0 unspecified atom stereocenters. The van der Waals surface area contributed by atoms with Crippen LogP contribution in [0.5, 0.6) is 0 Å². The van der Waals surface area contributed by atoms with Crippen molar-refractivity contribution in [3.63, 3.8) is 0 Å². The maximum Gasteiger partial charge on any atom is 0.142 e. The molecule has 2 heterocycles. The van der Waals surface area contributed by atoms with Crippen LogP contribution in [0.15, 0.2) is 18.6 Å². The van der Waals surface area contributed by atoms with Crippen LogP contribution < -0.4 is 4.90 Å². The molecule has 0 bridgehead atoms. The van der Waals surface area contributed by atoms with Crippen molar-refractivity contribution in [3.05, 3.63) is 18.6 Å². The zero-order valence-electron chi connectivity index (χ0n) is 11.2.